The zero-order valence-corrected chi connectivity index (χ0v) is 13.8. The van der Waals surface area contributed by atoms with Crippen LogP contribution in [-0.2, 0) is 9.53 Å². The molecular formula is C16H11ClN2O4S. The summed E-state index contributed by atoms with van der Waals surface area (Å²) in [6, 6.07) is 10.2. The van der Waals surface area contributed by atoms with Crippen molar-refractivity contribution in [1.29, 1.82) is 0 Å². The summed E-state index contributed by atoms with van der Waals surface area (Å²) in [7, 11) is 0. The molecule has 0 spiro atoms. The summed E-state index contributed by atoms with van der Waals surface area (Å²) in [6.07, 6.45) is 1.35. The predicted octanol–water partition coefficient (Wildman–Crippen LogP) is 3.85. The molecule has 0 aliphatic rings. The third kappa shape index (κ3) is 4.01. The first kappa shape index (κ1) is 16.2. The van der Waals surface area contributed by atoms with Crippen LogP contribution in [0.25, 0.3) is 11.3 Å². The first-order valence-electron chi connectivity index (χ1n) is 6.84. The molecule has 0 fully saturated rings. The molecule has 2 aromatic heterocycles. The summed E-state index contributed by atoms with van der Waals surface area (Å²) in [5.41, 5.74) is 1.61. The fourth-order valence-corrected chi connectivity index (χ4v) is 2.70. The summed E-state index contributed by atoms with van der Waals surface area (Å²) in [5, 5.41) is 5.45. The Morgan fingerprint density at radius 3 is 2.75 bits per heavy atom. The van der Waals surface area contributed by atoms with E-state index in [4.69, 9.17) is 20.8 Å². The Morgan fingerprint density at radius 2 is 2.04 bits per heavy atom. The number of rotatable bonds is 5. The molecule has 2 heterocycles. The van der Waals surface area contributed by atoms with Crippen LogP contribution in [0.4, 0.5) is 5.13 Å². The Labute approximate surface area is 146 Å². The topological polar surface area (TPSA) is 81.4 Å². The van der Waals surface area contributed by atoms with Crippen molar-refractivity contribution in [2.24, 2.45) is 0 Å². The number of nitrogens with zero attached hydrogens (tertiary/aromatic N) is 1. The molecule has 122 valence electrons. The van der Waals surface area contributed by atoms with Gasteiger partial charge >= 0.3 is 5.97 Å². The highest BCUT2D eigenvalue weighted by molar-refractivity contribution is 7.14. The third-order valence-electron chi connectivity index (χ3n) is 2.95. The lowest BCUT2D eigenvalue weighted by molar-refractivity contribution is -0.119. The average Bonchev–Trinajstić information content (AvgIpc) is 3.25. The van der Waals surface area contributed by atoms with E-state index >= 15 is 0 Å². The van der Waals surface area contributed by atoms with Gasteiger partial charge in [0.15, 0.2) is 11.7 Å². The van der Waals surface area contributed by atoms with Crippen LogP contribution in [0.15, 0.2) is 52.5 Å². The second-order valence-corrected chi connectivity index (χ2v) is 5.94. The fourth-order valence-electron chi connectivity index (χ4n) is 1.84. The number of nitrogens with one attached hydrogen (secondary N) is 1. The molecule has 1 amide bonds. The minimum absolute atomic E-state index is 0.0436. The van der Waals surface area contributed by atoms with E-state index in [9.17, 15) is 9.59 Å². The number of ether oxygens (including phenoxy) is 1. The molecule has 24 heavy (non-hydrogen) atoms. The van der Waals surface area contributed by atoms with Gasteiger partial charge in [-0.1, -0.05) is 23.7 Å². The highest BCUT2D eigenvalue weighted by Gasteiger charge is 2.13. The number of anilines is 1. The van der Waals surface area contributed by atoms with E-state index < -0.39 is 18.5 Å². The van der Waals surface area contributed by atoms with E-state index in [0.29, 0.717) is 10.2 Å². The molecule has 0 saturated carbocycles. The largest absolute Gasteiger partial charge is 0.457 e. The van der Waals surface area contributed by atoms with Crippen LogP contribution in [0, 0.1) is 0 Å². The van der Waals surface area contributed by atoms with Gasteiger partial charge < -0.3 is 9.15 Å². The van der Waals surface area contributed by atoms with Crippen molar-refractivity contribution in [1.82, 2.24) is 4.98 Å². The van der Waals surface area contributed by atoms with Crippen LogP contribution in [0.2, 0.25) is 5.02 Å². The second-order valence-electron chi connectivity index (χ2n) is 4.65. The van der Waals surface area contributed by atoms with Crippen molar-refractivity contribution in [2.75, 3.05) is 11.9 Å². The van der Waals surface area contributed by atoms with Gasteiger partial charge in [-0.15, -0.1) is 11.3 Å². The average molecular weight is 363 g/mol. The van der Waals surface area contributed by atoms with Crippen molar-refractivity contribution in [3.63, 3.8) is 0 Å². The zero-order valence-electron chi connectivity index (χ0n) is 12.2. The summed E-state index contributed by atoms with van der Waals surface area (Å²) >= 11 is 7.12. The smallest absolute Gasteiger partial charge is 0.374 e. The van der Waals surface area contributed by atoms with Crippen LogP contribution in [-0.4, -0.2) is 23.5 Å². The number of benzene rings is 1. The molecule has 0 atom stereocenters. The van der Waals surface area contributed by atoms with Gasteiger partial charge in [0.05, 0.1) is 12.0 Å². The predicted molar refractivity (Wildman–Crippen MR) is 90.2 cm³/mol. The lowest BCUT2D eigenvalue weighted by atomic mass is 10.2. The monoisotopic (exact) mass is 362 g/mol. The minimum Gasteiger partial charge on any atom is -0.457 e. The molecule has 8 heteroatoms. The number of aromatic nitrogens is 1. The standard InChI is InChI=1S/C16H11ClN2O4S/c17-11-5-3-10(4-6-11)12-9-24-16(18-12)19-14(20)8-23-15(21)13-2-1-7-22-13/h1-7,9H,8H2,(H,18,19,20). The molecule has 3 aromatic rings. The van der Waals surface area contributed by atoms with Gasteiger partial charge in [-0.3, -0.25) is 10.1 Å². The Kier molecular flexibility index (Phi) is 4.93. The molecular weight excluding hydrogens is 352 g/mol. The number of carbonyl (C=O) groups is 2. The van der Waals surface area contributed by atoms with Crippen molar-refractivity contribution in [3.8, 4) is 11.3 Å². The highest BCUT2D eigenvalue weighted by atomic mass is 35.5. The highest BCUT2D eigenvalue weighted by Crippen LogP contribution is 2.25. The van der Waals surface area contributed by atoms with Gasteiger partial charge in [0.2, 0.25) is 5.76 Å². The van der Waals surface area contributed by atoms with Crippen LogP contribution in [0.1, 0.15) is 10.6 Å². The Balaban J connectivity index is 1.55. The lowest BCUT2D eigenvalue weighted by Gasteiger charge is -2.02. The number of esters is 1. The summed E-state index contributed by atoms with van der Waals surface area (Å²) < 4.78 is 9.72. The molecule has 0 radical (unpaired) electrons. The van der Waals surface area contributed by atoms with Crippen LogP contribution in [0.3, 0.4) is 0 Å². The van der Waals surface area contributed by atoms with Crippen molar-refractivity contribution >= 4 is 39.9 Å². The molecule has 1 N–H and O–H groups in total. The van der Waals surface area contributed by atoms with E-state index in [1.807, 2.05) is 17.5 Å². The molecule has 3 rings (SSSR count). The van der Waals surface area contributed by atoms with Gasteiger partial charge in [-0.25, -0.2) is 9.78 Å². The molecule has 0 bridgehead atoms. The number of thiazole rings is 1. The van der Waals surface area contributed by atoms with Crippen molar-refractivity contribution in [2.45, 2.75) is 0 Å². The van der Waals surface area contributed by atoms with E-state index in [1.165, 1.54) is 23.7 Å². The lowest BCUT2D eigenvalue weighted by Crippen LogP contribution is -2.20. The first-order chi connectivity index (χ1) is 11.6. The maximum Gasteiger partial charge on any atom is 0.374 e. The molecule has 0 aliphatic carbocycles. The van der Waals surface area contributed by atoms with E-state index in [2.05, 4.69) is 10.3 Å². The number of amides is 1. The number of halogens is 1. The number of hydrogen-bond acceptors (Lipinski definition) is 6. The van der Waals surface area contributed by atoms with E-state index in [1.54, 1.807) is 18.2 Å². The van der Waals surface area contributed by atoms with Gasteiger partial charge in [0, 0.05) is 16.0 Å². The first-order valence-corrected chi connectivity index (χ1v) is 8.09. The summed E-state index contributed by atoms with van der Waals surface area (Å²) in [4.78, 5) is 27.7. The maximum absolute atomic E-state index is 11.8. The molecule has 0 saturated heterocycles. The Bertz CT molecular complexity index is 843. The normalized spacial score (nSPS) is 10.4. The van der Waals surface area contributed by atoms with Gasteiger partial charge in [0.25, 0.3) is 5.91 Å². The summed E-state index contributed by atoms with van der Waals surface area (Å²) in [5.74, 6) is -1.13. The molecule has 6 nitrogen and oxygen atoms in total. The number of carbonyl (C=O) groups excluding carboxylic acids is 2. The minimum atomic E-state index is -0.698. The Hall–Kier alpha value is -2.64. The number of furan rings is 1. The van der Waals surface area contributed by atoms with Gasteiger partial charge in [-0.2, -0.15) is 0 Å². The Morgan fingerprint density at radius 1 is 1.25 bits per heavy atom. The van der Waals surface area contributed by atoms with Gasteiger partial charge in [0.1, 0.15) is 0 Å². The van der Waals surface area contributed by atoms with Crippen LogP contribution >= 0.6 is 22.9 Å². The van der Waals surface area contributed by atoms with E-state index in [0.717, 1.165) is 11.3 Å². The zero-order chi connectivity index (χ0) is 16.9. The van der Waals surface area contributed by atoms with E-state index in [-0.39, 0.29) is 5.76 Å². The maximum atomic E-state index is 11.8. The second kappa shape index (κ2) is 7.29. The molecule has 0 aliphatic heterocycles. The quantitative estimate of drug-likeness (QED) is 0.697. The van der Waals surface area contributed by atoms with Gasteiger partial charge in [-0.05, 0) is 24.3 Å². The van der Waals surface area contributed by atoms with Crippen LogP contribution < -0.4 is 5.32 Å². The number of hydrogen-bond donors (Lipinski definition) is 1. The fraction of sp³-hybridized carbons (Fsp3) is 0.0625. The van der Waals surface area contributed by atoms with Crippen LogP contribution in [0.5, 0.6) is 0 Å². The van der Waals surface area contributed by atoms with Crippen molar-refractivity contribution < 1.29 is 18.7 Å². The summed E-state index contributed by atoms with van der Waals surface area (Å²) in [6.45, 7) is -0.421. The SMILES string of the molecule is O=C(COC(=O)c1ccco1)Nc1nc(-c2ccc(Cl)cc2)cs1. The van der Waals surface area contributed by atoms with Crippen molar-refractivity contribution in [3.05, 3.63) is 58.8 Å². The molecule has 0 unspecified atom stereocenters. The molecule has 1 aromatic carbocycles. The third-order valence-corrected chi connectivity index (χ3v) is 3.96.